The van der Waals surface area contributed by atoms with Gasteiger partial charge in [-0.15, -0.1) is 0 Å². The van der Waals surface area contributed by atoms with Gasteiger partial charge in [-0.1, -0.05) is 90.4 Å². The smallest absolute Gasteiger partial charge is 0.312 e. The van der Waals surface area contributed by atoms with Crippen LogP contribution in [0.5, 0.6) is 0 Å². The van der Waals surface area contributed by atoms with Crippen LogP contribution in [0.3, 0.4) is 0 Å². The zero-order chi connectivity index (χ0) is 18.9. The zero-order valence-corrected chi connectivity index (χ0v) is 16.5. The number of carbonyl (C=O) groups excluding carboxylic acids is 1. The molecule has 0 unspecified atom stereocenters. The van der Waals surface area contributed by atoms with Gasteiger partial charge in [-0.2, -0.15) is 0 Å². The zero-order valence-electron chi connectivity index (χ0n) is 16.5. The number of carbonyl (C=O) groups is 1. The molecule has 0 aliphatic carbocycles. The van der Waals surface area contributed by atoms with E-state index in [0.717, 1.165) is 12.8 Å². The number of aromatic amines is 1. The highest BCUT2D eigenvalue weighted by molar-refractivity contribution is 5.89. The molecule has 0 saturated carbocycles. The molecule has 1 aromatic rings. The van der Waals surface area contributed by atoms with Crippen LogP contribution in [0, 0.1) is 0 Å². The summed E-state index contributed by atoms with van der Waals surface area (Å²) in [5, 5.41) is 2.69. The Balaban J connectivity index is 1.84. The molecular formula is C21H37N3O2. The van der Waals surface area contributed by atoms with E-state index in [2.05, 4.69) is 22.2 Å². The summed E-state index contributed by atoms with van der Waals surface area (Å²) in [7, 11) is 0. The molecule has 148 valence electrons. The van der Waals surface area contributed by atoms with Gasteiger partial charge in [-0.05, 0) is 12.5 Å². The summed E-state index contributed by atoms with van der Waals surface area (Å²) in [6.07, 6.45) is 20.2. The molecule has 26 heavy (non-hydrogen) atoms. The second kappa shape index (κ2) is 15.6. The maximum atomic E-state index is 11.8. The van der Waals surface area contributed by atoms with Crippen LogP contribution in [0.4, 0.5) is 5.82 Å². The maximum absolute atomic E-state index is 11.8. The molecule has 1 rings (SSSR count). The van der Waals surface area contributed by atoms with Gasteiger partial charge in [0.25, 0.3) is 0 Å². The summed E-state index contributed by atoms with van der Waals surface area (Å²) < 4.78 is 0. The molecular weight excluding hydrogens is 326 g/mol. The highest BCUT2D eigenvalue weighted by atomic mass is 16.2. The average Bonchev–Trinajstić information content (AvgIpc) is 2.62. The lowest BCUT2D eigenvalue weighted by atomic mass is 10.0. The summed E-state index contributed by atoms with van der Waals surface area (Å²) in [4.78, 5) is 28.9. The number of aromatic nitrogens is 2. The number of H-pyrrole nitrogens is 1. The third-order valence-electron chi connectivity index (χ3n) is 4.71. The van der Waals surface area contributed by atoms with Crippen LogP contribution in [0.2, 0.25) is 0 Å². The molecule has 1 amide bonds. The first kappa shape index (κ1) is 22.4. The monoisotopic (exact) mass is 363 g/mol. The highest BCUT2D eigenvalue weighted by Gasteiger charge is 2.02. The van der Waals surface area contributed by atoms with Gasteiger partial charge < -0.3 is 5.32 Å². The van der Waals surface area contributed by atoms with Gasteiger partial charge in [0.1, 0.15) is 5.82 Å². The van der Waals surface area contributed by atoms with Crippen LogP contribution in [-0.2, 0) is 4.79 Å². The van der Waals surface area contributed by atoms with Crippen molar-refractivity contribution in [3.8, 4) is 0 Å². The van der Waals surface area contributed by atoms with E-state index in [1.165, 1.54) is 83.2 Å². The van der Waals surface area contributed by atoms with Gasteiger partial charge in [0.15, 0.2) is 0 Å². The normalized spacial score (nSPS) is 10.8. The first-order valence-electron chi connectivity index (χ1n) is 10.6. The van der Waals surface area contributed by atoms with E-state index in [1.54, 1.807) is 6.07 Å². The molecule has 1 aromatic heterocycles. The number of unbranched alkanes of at least 4 members (excludes halogenated alkanes) is 13. The van der Waals surface area contributed by atoms with Crippen molar-refractivity contribution in [2.45, 2.75) is 103 Å². The van der Waals surface area contributed by atoms with Gasteiger partial charge >= 0.3 is 5.69 Å². The van der Waals surface area contributed by atoms with Crippen molar-refractivity contribution in [2.24, 2.45) is 0 Å². The topological polar surface area (TPSA) is 74.8 Å². The summed E-state index contributed by atoms with van der Waals surface area (Å²) >= 11 is 0. The van der Waals surface area contributed by atoms with E-state index >= 15 is 0 Å². The number of anilines is 1. The third-order valence-corrected chi connectivity index (χ3v) is 4.71. The summed E-state index contributed by atoms with van der Waals surface area (Å²) in [6, 6.07) is 1.59. The molecule has 0 aromatic carbocycles. The van der Waals surface area contributed by atoms with Gasteiger partial charge in [-0.3, -0.25) is 9.78 Å². The quantitative estimate of drug-likeness (QED) is 0.376. The molecule has 0 aliphatic rings. The molecule has 0 saturated heterocycles. The number of rotatable bonds is 16. The van der Waals surface area contributed by atoms with Crippen LogP contribution >= 0.6 is 0 Å². The van der Waals surface area contributed by atoms with E-state index in [0.29, 0.717) is 12.2 Å². The Bertz CT molecular complexity index is 528. The number of nitrogens with one attached hydrogen (secondary N) is 2. The van der Waals surface area contributed by atoms with Crippen LogP contribution in [0.15, 0.2) is 17.1 Å². The lowest BCUT2D eigenvalue weighted by molar-refractivity contribution is -0.116. The van der Waals surface area contributed by atoms with Crippen molar-refractivity contribution in [2.75, 3.05) is 5.32 Å². The second-order valence-electron chi connectivity index (χ2n) is 7.18. The van der Waals surface area contributed by atoms with Crippen molar-refractivity contribution in [3.05, 3.63) is 22.7 Å². The largest absolute Gasteiger partial charge is 0.346 e. The standard InChI is InChI=1S/C21H37N3O2/c1-2-3-4-5-6-7-8-9-10-11-12-13-14-15-16-20(25)23-19-17-18-22-21(26)24-19/h17-18H,2-16H2,1H3,(H2,22,23,24,25,26). The van der Waals surface area contributed by atoms with Crippen LogP contribution in [-0.4, -0.2) is 15.9 Å². The fraction of sp³-hybridized carbons (Fsp3) is 0.762. The van der Waals surface area contributed by atoms with Crippen LogP contribution < -0.4 is 11.0 Å². The van der Waals surface area contributed by atoms with Crippen molar-refractivity contribution in [1.29, 1.82) is 0 Å². The predicted molar refractivity (Wildman–Crippen MR) is 108 cm³/mol. The Morgan fingerprint density at radius 3 is 1.88 bits per heavy atom. The Morgan fingerprint density at radius 1 is 0.885 bits per heavy atom. The Morgan fingerprint density at radius 2 is 1.38 bits per heavy atom. The average molecular weight is 364 g/mol. The third kappa shape index (κ3) is 12.7. The van der Waals surface area contributed by atoms with E-state index in [-0.39, 0.29) is 5.91 Å². The Hall–Kier alpha value is -1.65. The molecule has 5 heteroatoms. The fourth-order valence-electron chi connectivity index (χ4n) is 3.13. The number of hydrogen-bond acceptors (Lipinski definition) is 3. The number of nitrogens with zero attached hydrogens (tertiary/aromatic N) is 1. The van der Waals surface area contributed by atoms with Gasteiger partial charge in [0.05, 0.1) is 0 Å². The minimum Gasteiger partial charge on any atom is -0.312 e. The number of hydrogen-bond donors (Lipinski definition) is 2. The van der Waals surface area contributed by atoms with Gasteiger partial charge in [-0.25, -0.2) is 9.78 Å². The molecule has 0 aliphatic heterocycles. The lowest BCUT2D eigenvalue weighted by Crippen LogP contribution is -2.17. The second-order valence-corrected chi connectivity index (χ2v) is 7.18. The first-order chi connectivity index (χ1) is 12.7. The molecule has 5 nitrogen and oxygen atoms in total. The van der Waals surface area contributed by atoms with E-state index in [4.69, 9.17) is 0 Å². The fourth-order valence-corrected chi connectivity index (χ4v) is 3.13. The lowest BCUT2D eigenvalue weighted by Gasteiger charge is -2.05. The van der Waals surface area contributed by atoms with Gasteiger partial charge in [0, 0.05) is 12.6 Å². The van der Waals surface area contributed by atoms with Crippen molar-refractivity contribution < 1.29 is 4.79 Å². The summed E-state index contributed by atoms with van der Waals surface area (Å²) in [5.41, 5.74) is -0.445. The summed E-state index contributed by atoms with van der Waals surface area (Å²) in [5.74, 6) is 0.367. The van der Waals surface area contributed by atoms with Crippen LogP contribution in [0.1, 0.15) is 103 Å². The SMILES string of the molecule is CCCCCCCCCCCCCCCCC(=O)Nc1ccnc(=O)[nH]1. The van der Waals surface area contributed by atoms with E-state index in [9.17, 15) is 9.59 Å². The molecule has 0 radical (unpaired) electrons. The van der Waals surface area contributed by atoms with Crippen molar-refractivity contribution >= 4 is 11.7 Å². The van der Waals surface area contributed by atoms with E-state index < -0.39 is 5.69 Å². The van der Waals surface area contributed by atoms with Crippen molar-refractivity contribution in [3.63, 3.8) is 0 Å². The first-order valence-corrected chi connectivity index (χ1v) is 10.6. The molecule has 1 heterocycles. The minimum atomic E-state index is -0.445. The summed E-state index contributed by atoms with van der Waals surface area (Å²) in [6.45, 7) is 2.26. The molecule has 0 atom stereocenters. The molecule has 0 spiro atoms. The Labute approximate surface area is 158 Å². The van der Waals surface area contributed by atoms with Gasteiger partial charge in [0.2, 0.25) is 5.91 Å². The predicted octanol–water partition coefficient (Wildman–Crippen LogP) is 5.58. The molecule has 2 N–H and O–H groups in total. The minimum absolute atomic E-state index is 0.0502. The van der Waals surface area contributed by atoms with Crippen molar-refractivity contribution in [1.82, 2.24) is 9.97 Å². The van der Waals surface area contributed by atoms with Crippen LogP contribution in [0.25, 0.3) is 0 Å². The number of amides is 1. The highest BCUT2D eigenvalue weighted by Crippen LogP contribution is 2.13. The maximum Gasteiger partial charge on any atom is 0.346 e. The molecule has 0 fully saturated rings. The Kier molecular flexibility index (Phi) is 13.4. The van der Waals surface area contributed by atoms with E-state index in [1.807, 2.05) is 0 Å². The molecule has 0 bridgehead atoms.